The fraction of sp³-hybridized carbons (Fsp3) is 0.226. The van der Waals surface area contributed by atoms with Gasteiger partial charge in [0.25, 0.3) is 5.91 Å². The summed E-state index contributed by atoms with van der Waals surface area (Å²) in [7, 11) is 0. The van der Waals surface area contributed by atoms with Crippen molar-refractivity contribution in [3.8, 4) is 11.5 Å². The number of amides is 1. The lowest BCUT2D eigenvalue weighted by molar-refractivity contribution is -0.138. The molecule has 40 heavy (non-hydrogen) atoms. The standard InChI is InChI=1S/C31H29F3N4O2/c1-20(2)36-29-18-27(11-12-35-29)40-26-10-8-21-5-6-22(15-24(21)16-26)30(39)37-25-9-7-23(19-38-13-3-4-14-38)28(17-25)31(32,33)34/h5-12,15-18H,1,3-4,13-14,19H2,2H3,(H,35,36)(H,37,39). The summed E-state index contributed by atoms with van der Waals surface area (Å²) in [4.78, 5) is 19.3. The van der Waals surface area contributed by atoms with Gasteiger partial charge in [0, 0.05) is 35.8 Å². The average molecular weight is 547 g/mol. The monoisotopic (exact) mass is 546 g/mol. The van der Waals surface area contributed by atoms with Crippen LogP contribution >= 0.6 is 0 Å². The largest absolute Gasteiger partial charge is 0.457 e. The maximum atomic E-state index is 13.9. The lowest BCUT2D eigenvalue weighted by Gasteiger charge is -2.20. The number of benzene rings is 3. The Bertz CT molecular complexity index is 1560. The van der Waals surface area contributed by atoms with E-state index < -0.39 is 17.6 Å². The molecule has 1 aliphatic heterocycles. The minimum atomic E-state index is -4.52. The van der Waals surface area contributed by atoms with Gasteiger partial charge in [-0.15, -0.1) is 0 Å². The van der Waals surface area contributed by atoms with Crippen LogP contribution in [-0.2, 0) is 12.7 Å². The Morgan fingerprint density at radius 2 is 1.70 bits per heavy atom. The van der Waals surface area contributed by atoms with Crippen LogP contribution in [0.2, 0.25) is 0 Å². The number of rotatable bonds is 8. The molecule has 5 rings (SSSR count). The highest BCUT2D eigenvalue weighted by molar-refractivity contribution is 6.06. The summed E-state index contributed by atoms with van der Waals surface area (Å²) >= 11 is 0. The van der Waals surface area contributed by atoms with Gasteiger partial charge in [-0.05, 0) is 91.7 Å². The number of nitrogens with one attached hydrogen (secondary N) is 2. The van der Waals surface area contributed by atoms with Crippen LogP contribution in [0, 0.1) is 0 Å². The zero-order chi connectivity index (χ0) is 28.3. The van der Waals surface area contributed by atoms with Crippen molar-refractivity contribution >= 4 is 28.2 Å². The summed E-state index contributed by atoms with van der Waals surface area (Å²) in [6.45, 7) is 7.46. The van der Waals surface area contributed by atoms with Crippen molar-refractivity contribution in [2.75, 3.05) is 23.7 Å². The first kappa shape index (κ1) is 27.2. The average Bonchev–Trinajstić information content (AvgIpc) is 3.41. The molecular weight excluding hydrogens is 517 g/mol. The second-order valence-corrected chi connectivity index (χ2v) is 9.91. The number of halogens is 3. The number of anilines is 2. The Balaban J connectivity index is 1.34. The van der Waals surface area contributed by atoms with Gasteiger partial charge in [-0.3, -0.25) is 9.69 Å². The van der Waals surface area contributed by atoms with Crippen LogP contribution in [0.3, 0.4) is 0 Å². The number of allylic oxidation sites excluding steroid dienone is 1. The van der Waals surface area contributed by atoms with E-state index in [0.29, 0.717) is 22.9 Å². The van der Waals surface area contributed by atoms with Crippen LogP contribution in [0.15, 0.2) is 85.2 Å². The maximum absolute atomic E-state index is 13.9. The SMILES string of the molecule is C=C(C)Nc1cc(Oc2ccc3ccc(C(=O)Nc4ccc(CN5CCCC5)c(C(F)(F)F)c4)cc3c2)ccn1. The van der Waals surface area contributed by atoms with Gasteiger partial charge in [0.15, 0.2) is 0 Å². The van der Waals surface area contributed by atoms with Crippen molar-refractivity contribution < 1.29 is 22.7 Å². The molecule has 0 unspecified atom stereocenters. The molecule has 2 heterocycles. The predicted molar refractivity (Wildman–Crippen MR) is 151 cm³/mol. The first-order chi connectivity index (χ1) is 19.1. The lowest BCUT2D eigenvalue weighted by atomic mass is 10.0. The molecule has 2 N–H and O–H groups in total. The second kappa shape index (κ2) is 11.4. The fourth-order valence-electron chi connectivity index (χ4n) is 4.77. The summed E-state index contributed by atoms with van der Waals surface area (Å²) in [5.41, 5.74) is 0.638. The fourth-order valence-corrected chi connectivity index (χ4v) is 4.77. The third-order valence-electron chi connectivity index (χ3n) is 6.65. The summed E-state index contributed by atoms with van der Waals surface area (Å²) in [5, 5.41) is 7.29. The third-order valence-corrected chi connectivity index (χ3v) is 6.65. The van der Waals surface area contributed by atoms with E-state index in [9.17, 15) is 18.0 Å². The summed E-state index contributed by atoms with van der Waals surface area (Å²) in [6, 6.07) is 18.1. The number of carbonyl (C=O) groups is 1. The molecule has 0 saturated carbocycles. The van der Waals surface area contributed by atoms with Crippen LogP contribution < -0.4 is 15.4 Å². The molecule has 1 aromatic heterocycles. The van der Waals surface area contributed by atoms with E-state index in [0.717, 1.165) is 48.5 Å². The Morgan fingerprint density at radius 1 is 0.950 bits per heavy atom. The number of hydrogen-bond acceptors (Lipinski definition) is 5. The number of alkyl halides is 3. The summed E-state index contributed by atoms with van der Waals surface area (Å²) in [6.07, 6.45) is -0.919. The first-order valence-corrected chi connectivity index (χ1v) is 13.0. The highest BCUT2D eigenvalue weighted by Crippen LogP contribution is 2.35. The van der Waals surface area contributed by atoms with Gasteiger partial charge in [0.2, 0.25) is 0 Å². The minimum absolute atomic E-state index is 0.0940. The summed E-state index contributed by atoms with van der Waals surface area (Å²) < 4.78 is 47.6. The molecular formula is C31H29F3N4O2. The van der Waals surface area contributed by atoms with Crippen molar-refractivity contribution in [3.05, 3.63) is 102 Å². The zero-order valence-electron chi connectivity index (χ0n) is 22.0. The van der Waals surface area contributed by atoms with E-state index >= 15 is 0 Å². The molecule has 0 atom stereocenters. The zero-order valence-corrected chi connectivity index (χ0v) is 22.0. The molecule has 1 aliphatic rings. The van der Waals surface area contributed by atoms with E-state index in [1.807, 2.05) is 24.0 Å². The first-order valence-electron chi connectivity index (χ1n) is 13.0. The highest BCUT2D eigenvalue weighted by atomic mass is 19.4. The number of ether oxygens (including phenoxy) is 1. The van der Waals surface area contributed by atoms with Gasteiger partial charge in [0.05, 0.1) is 5.56 Å². The van der Waals surface area contributed by atoms with Crippen LogP contribution in [0.25, 0.3) is 10.8 Å². The number of likely N-dealkylation sites (tertiary alicyclic amines) is 1. The molecule has 0 spiro atoms. The van der Waals surface area contributed by atoms with Gasteiger partial charge in [-0.25, -0.2) is 4.98 Å². The molecule has 3 aromatic carbocycles. The van der Waals surface area contributed by atoms with Crippen molar-refractivity contribution in [2.24, 2.45) is 0 Å². The van der Waals surface area contributed by atoms with Crippen LogP contribution in [0.5, 0.6) is 11.5 Å². The molecule has 1 amide bonds. The van der Waals surface area contributed by atoms with E-state index in [4.69, 9.17) is 4.74 Å². The number of hydrogen-bond donors (Lipinski definition) is 2. The number of carbonyl (C=O) groups excluding carboxylic acids is 1. The predicted octanol–water partition coefficient (Wildman–Crippen LogP) is 7.84. The second-order valence-electron chi connectivity index (χ2n) is 9.91. The van der Waals surface area contributed by atoms with Gasteiger partial charge in [0.1, 0.15) is 17.3 Å². The molecule has 4 aromatic rings. The minimum Gasteiger partial charge on any atom is -0.457 e. The Morgan fingerprint density at radius 3 is 2.45 bits per heavy atom. The Kier molecular flexibility index (Phi) is 7.75. The molecule has 0 radical (unpaired) electrons. The third kappa shape index (κ3) is 6.60. The van der Waals surface area contributed by atoms with E-state index in [1.54, 1.807) is 42.6 Å². The molecule has 6 nitrogen and oxygen atoms in total. The quantitative estimate of drug-likeness (QED) is 0.236. The van der Waals surface area contributed by atoms with Crippen molar-refractivity contribution in [3.63, 3.8) is 0 Å². The van der Waals surface area contributed by atoms with Crippen LogP contribution in [0.1, 0.15) is 41.3 Å². The molecule has 0 aliphatic carbocycles. The summed E-state index contributed by atoms with van der Waals surface area (Å²) in [5.74, 6) is 1.22. The van der Waals surface area contributed by atoms with Gasteiger partial charge < -0.3 is 15.4 Å². The molecule has 206 valence electrons. The number of aromatic nitrogens is 1. The number of pyridine rings is 1. The number of fused-ring (bicyclic) bond motifs is 1. The molecule has 0 bridgehead atoms. The van der Waals surface area contributed by atoms with Gasteiger partial charge in [-0.1, -0.05) is 24.8 Å². The van der Waals surface area contributed by atoms with E-state index in [-0.39, 0.29) is 17.8 Å². The number of nitrogens with zero attached hydrogens (tertiary/aromatic N) is 2. The normalized spacial score (nSPS) is 13.8. The van der Waals surface area contributed by atoms with Gasteiger partial charge >= 0.3 is 6.18 Å². The molecule has 1 saturated heterocycles. The van der Waals surface area contributed by atoms with Crippen molar-refractivity contribution in [2.45, 2.75) is 32.5 Å². The van der Waals surface area contributed by atoms with Crippen LogP contribution in [0.4, 0.5) is 24.7 Å². The highest BCUT2D eigenvalue weighted by Gasteiger charge is 2.34. The van der Waals surface area contributed by atoms with Crippen molar-refractivity contribution in [1.29, 1.82) is 0 Å². The van der Waals surface area contributed by atoms with E-state index in [1.165, 1.54) is 12.1 Å². The topological polar surface area (TPSA) is 66.5 Å². The van der Waals surface area contributed by atoms with Gasteiger partial charge in [-0.2, -0.15) is 13.2 Å². The molecule has 1 fully saturated rings. The van der Waals surface area contributed by atoms with Crippen LogP contribution in [-0.4, -0.2) is 28.9 Å². The van der Waals surface area contributed by atoms with Crippen molar-refractivity contribution in [1.82, 2.24) is 9.88 Å². The Labute approximate surface area is 230 Å². The smallest absolute Gasteiger partial charge is 0.416 e. The lowest BCUT2D eigenvalue weighted by Crippen LogP contribution is -2.21. The Hall–Kier alpha value is -4.37. The maximum Gasteiger partial charge on any atom is 0.416 e. The van der Waals surface area contributed by atoms with E-state index in [2.05, 4.69) is 22.2 Å². The molecule has 9 heteroatoms.